The number of aromatic nitrogens is 2. The predicted molar refractivity (Wildman–Crippen MR) is 68.7 cm³/mol. The molecule has 19 heavy (non-hydrogen) atoms. The molecule has 0 radical (unpaired) electrons. The van der Waals surface area contributed by atoms with Gasteiger partial charge in [-0.1, -0.05) is 11.3 Å². The molecule has 0 atom stereocenters. The lowest BCUT2D eigenvalue weighted by Gasteiger charge is -2.09. The first-order chi connectivity index (χ1) is 9.15. The van der Waals surface area contributed by atoms with Crippen LogP contribution in [0.3, 0.4) is 0 Å². The van der Waals surface area contributed by atoms with E-state index < -0.39 is 5.82 Å². The molecule has 0 N–H and O–H groups in total. The summed E-state index contributed by atoms with van der Waals surface area (Å²) in [5, 5.41) is 1.38. The van der Waals surface area contributed by atoms with Crippen LogP contribution in [0.1, 0.15) is 5.69 Å². The molecular formula is C12H10FN3O2S. The van der Waals surface area contributed by atoms with Gasteiger partial charge in [0.2, 0.25) is 0 Å². The van der Waals surface area contributed by atoms with Gasteiger partial charge in [-0.3, -0.25) is 9.88 Å². The maximum Gasteiger partial charge on any atom is 0.415 e. The number of anilines is 1. The van der Waals surface area contributed by atoms with Gasteiger partial charge in [0, 0.05) is 11.8 Å². The van der Waals surface area contributed by atoms with Crippen LogP contribution in [0, 0.1) is 12.7 Å². The Balaban J connectivity index is 1.99. The Morgan fingerprint density at radius 3 is 3.00 bits per heavy atom. The normalized spacial score (nSPS) is 14.8. The van der Waals surface area contributed by atoms with Crippen LogP contribution in [0.4, 0.5) is 14.2 Å². The van der Waals surface area contributed by atoms with Crippen LogP contribution in [-0.2, 0) is 4.74 Å². The highest BCUT2D eigenvalue weighted by atomic mass is 32.1. The number of ether oxygens (including phenoxy) is 1. The molecule has 1 amide bonds. The summed E-state index contributed by atoms with van der Waals surface area (Å²) in [6, 6.07) is 1.37. The van der Waals surface area contributed by atoms with Crippen molar-refractivity contribution < 1.29 is 13.9 Å². The first-order valence-electron chi connectivity index (χ1n) is 5.68. The molecule has 0 unspecified atom stereocenters. The summed E-state index contributed by atoms with van der Waals surface area (Å²) in [6.07, 6.45) is 2.33. The summed E-state index contributed by atoms with van der Waals surface area (Å²) in [4.78, 5) is 21.2. The van der Waals surface area contributed by atoms with Crippen LogP contribution >= 0.6 is 11.3 Å². The van der Waals surface area contributed by atoms with Crippen molar-refractivity contribution in [3.05, 3.63) is 30.0 Å². The summed E-state index contributed by atoms with van der Waals surface area (Å²) in [6.45, 7) is 2.71. The number of nitrogens with zero attached hydrogens (tertiary/aromatic N) is 3. The lowest BCUT2D eigenvalue weighted by atomic mass is 10.3. The Morgan fingerprint density at radius 2 is 2.32 bits per heavy atom. The highest BCUT2D eigenvalue weighted by Gasteiger charge is 2.27. The molecule has 0 aliphatic carbocycles. The fourth-order valence-corrected chi connectivity index (χ4v) is 2.93. The average molecular weight is 279 g/mol. The molecule has 3 rings (SSSR count). The van der Waals surface area contributed by atoms with Crippen LogP contribution < -0.4 is 4.90 Å². The van der Waals surface area contributed by atoms with Gasteiger partial charge >= 0.3 is 6.09 Å². The number of carbonyl (C=O) groups is 1. The molecule has 3 heterocycles. The minimum atomic E-state index is -0.410. The maximum atomic E-state index is 13.2. The molecule has 1 aliphatic heterocycles. The maximum absolute atomic E-state index is 13.2. The number of thiazole rings is 1. The number of carbonyl (C=O) groups excluding carboxylic acids is 1. The van der Waals surface area contributed by atoms with Crippen LogP contribution in [0.2, 0.25) is 0 Å². The van der Waals surface area contributed by atoms with E-state index in [1.807, 2.05) is 6.92 Å². The number of amides is 1. The van der Waals surface area contributed by atoms with Crippen molar-refractivity contribution in [3.8, 4) is 10.6 Å². The molecule has 1 saturated heterocycles. The zero-order valence-corrected chi connectivity index (χ0v) is 10.9. The summed E-state index contributed by atoms with van der Waals surface area (Å²) >= 11 is 1.33. The lowest BCUT2D eigenvalue weighted by molar-refractivity contribution is 0.181. The Hall–Kier alpha value is -2.02. The standard InChI is InChI=1S/C12H10FN3O2S/c1-7-11(16-2-3-18-12(16)17)19-10(15-7)8-4-9(13)6-14-5-8/h4-6H,2-3H2,1H3. The average Bonchev–Trinajstić information content (AvgIpc) is 2.95. The lowest BCUT2D eigenvalue weighted by Crippen LogP contribution is -2.22. The quantitative estimate of drug-likeness (QED) is 0.848. The summed E-state index contributed by atoms with van der Waals surface area (Å²) < 4.78 is 18.1. The van der Waals surface area contributed by atoms with Crippen molar-refractivity contribution in [1.29, 1.82) is 0 Å². The van der Waals surface area contributed by atoms with Gasteiger partial charge in [0.15, 0.2) is 0 Å². The van der Waals surface area contributed by atoms with Crippen LogP contribution in [0.5, 0.6) is 0 Å². The van der Waals surface area contributed by atoms with Gasteiger partial charge in [-0.15, -0.1) is 0 Å². The molecule has 7 heteroatoms. The number of pyridine rings is 1. The van der Waals surface area contributed by atoms with Crippen LogP contribution in [0.25, 0.3) is 10.6 Å². The highest BCUT2D eigenvalue weighted by Crippen LogP contribution is 2.35. The topological polar surface area (TPSA) is 55.3 Å². The monoisotopic (exact) mass is 279 g/mol. The second kappa shape index (κ2) is 4.58. The number of hydrogen-bond donors (Lipinski definition) is 0. The second-order valence-corrected chi connectivity index (χ2v) is 5.04. The molecule has 2 aromatic heterocycles. The Bertz CT molecular complexity index is 644. The smallest absolute Gasteiger partial charge is 0.415 e. The third-order valence-electron chi connectivity index (χ3n) is 2.73. The van der Waals surface area contributed by atoms with Gasteiger partial charge in [0.1, 0.15) is 22.4 Å². The zero-order chi connectivity index (χ0) is 13.4. The summed E-state index contributed by atoms with van der Waals surface area (Å²) in [5.74, 6) is -0.410. The van der Waals surface area contributed by atoms with Crippen molar-refractivity contribution >= 4 is 22.4 Å². The first kappa shape index (κ1) is 12.0. The molecule has 2 aromatic rings. The molecule has 0 aromatic carbocycles. The molecule has 0 bridgehead atoms. The van der Waals surface area contributed by atoms with Gasteiger partial charge in [-0.05, 0) is 13.0 Å². The van der Waals surface area contributed by atoms with Crippen LogP contribution in [-0.4, -0.2) is 29.2 Å². The number of hydrogen-bond acceptors (Lipinski definition) is 5. The second-order valence-electron chi connectivity index (χ2n) is 4.07. The SMILES string of the molecule is Cc1nc(-c2cncc(F)c2)sc1N1CCOC1=O. The number of aryl methyl sites for hydroxylation is 1. The van der Waals surface area contributed by atoms with Gasteiger partial charge in [-0.2, -0.15) is 0 Å². The van der Waals surface area contributed by atoms with Gasteiger partial charge in [-0.25, -0.2) is 14.2 Å². The fraction of sp³-hybridized carbons (Fsp3) is 0.250. The first-order valence-corrected chi connectivity index (χ1v) is 6.49. The molecule has 5 nitrogen and oxygen atoms in total. The molecule has 1 aliphatic rings. The minimum absolute atomic E-state index is 0.365. The van der Waals surface area contributed by atoms with Crippen molar-refractivity contribution in [1.82, 2.24) is 9.97 Å². The Labute approximate surface area is 112 Å². The third-order valence-corrected chi connectivity index (χ3v) is 3.96. The van der Waals surface area contributed by atoms with Gasteiger partial charge < -0.3 is 4.74 Å². The van der Waals surface area contributed by atoms with Crippen molar-refractivity contribution in [3.63, 3.8) is 0 Å². The molecule has 0 spiro atoms. The van der Waals surface area contributed by atoms with Gasteiger partial charge in [0.25, 0.3) is 0 Å². The molecule has 0 saturated carbocycles. The van der Waals surface area contributed by atoms with Crippen LogP contribution in [0.15, 0.2) is 18.5 Å². The predicted octanol–water partition coefficient (Wildman–Crippen LogP) is 2.61. The minimum Gasteiger partial charge on any atom is -0.447 e. The van der Waals surface area contributed by atoms with Crippen molar-refractivity contribution in [2.45, 2.75) is 6.92 Å². The molecular weight excluding hydrogens is 269 g/mol. The van der Waals surface area contributed by atoms with E-state index in [0.717, 1.165) is 16.9 Å². The summed E-state index contributed by atoms with van der Waals surface area (Å²) in [5.41, 5.74) is 1.33. The fourth-order valence-electron chi connectivity index (χ4n) is 1.87. The van der Waals surface area contributed by atoms with E-state index >= 15 is 0 Å². The van der Waals surface area contributed by atoms with E-state index in [1.165, 1.54) is 17.4 Å². The molecule has 98 valence electrons. The number of rotatable bonds is 2. The highest BCUT2D eigenvalue weighted by molar-refractivity contribution is 7.19. The van der Waals surface area contributed by atoms with E-state index in [4.69, 9.17) is 4.74 Å². The zero-order valence-electron chi connectivity index (χ0n) is 10.1. The van der Waals surface area contributed by atoms with E-state index in [2.05, 4.69) is 9.97 Å². The number of halogens is 1. The molecule has 1 fully saturated rings. The third kappa shape index (κ3) is 2.17. The van der Waals surface area contributed by atoms with Crippen molar-refractivity contribution in [2.24, 2.45) is 0 Å². The Kier molecular flexibility index (Phi) is 2.90. The summed E-state index contributed by atoms with van der Waals surface area (Å²) in [7, 11) is 0. The van der Waals surface area contributed by atoms with E-state index in [1.54, 1.807) is 11.1 Å². The number of cyclic esters (lactones) is 1. The van der Waals surface area contributed by atoms with Crippen molar-refractivity contribution in [2.75, 3.05) is 18.1 Å². The van der Waals surface area contributed by atoms with Gasteiger partial charge in [0.05, 0.1) is 18.4 Å². The van der Waals surface area contributed by atoms with E-state index in [0.29, 0.717) is 23.7 Å². The van der Waals surface area contributed by atoms with E-state index in [-0.39, 0.29) is 6.09 Å². The largest absolute Gasteiger partial charge is 0.447 e. The van der Waals surface area contributed by atoms with E-state index in [9.17, 15) is 9.18 Å². The Morgan fingerprint density at radius 1 is 1.47 bits per heavy atom.